The molecular formula is C24H31FN2O3. The molecule has 1 amide bonds. The third-order valence-electron chi connectivity index (χ3n) is 6.09. The van der Waals surface area contributed by atoms with Gasteiger partial charge in [0, 0.05) is 24.6 Å². The number of halogens is 1. The predicted octanol–water partition coefficient (Wildman–Crippen LogP) is 4.29. The van der Waals surface area contributed by atoms with Gasteiger partial charge in [0.2, 0.25) is 0 Å². The molecule has 6 heteroatoms. The molecule has 0 aromatic heterocycles. The fourth-order valence-electron chi connectivity index (χ4n) is 4.50. The first-order valence-electron chi connectivity index (χ1n) is 10.7. The molecule has 0 radical (unpaired) electrons. The van der Waals surface area contributed by atoms with Crippen molar-refractivity contribution in [3.8, 4) is 11.1 Å². The Morgan fingerprint density at radius 3 is 2.80 bits per heavy atom. The summed E-state index contributed by atoms with van der Waals surface area (Å²) in [5.41, 5.74) is 1.63. The Morgan fingerprint density at radius 2 is 2.10 bits per heavy atom. The van der Waals surface area contributed by atoms with Crippen LogP contribution in [0.4, 0.5) is 9.18 Å². The van der Waals surface area contributed by atoms with Gasteiger partial charge in [-0.25, -0.2) is 9.18 Å². The number of amides is 1. The minimum atomic E-state index is -1.26. The minimum Gasteiger partial charge on any atom is -0.465 e. The van der Waals surface area contributed by atoms with Gasteiger partial charge < -0.3 is 20.8 Å². The number of rotatable bonds is 8. The zero-order valence-corrected chi connectivity index (χ0v) is 17.5. The van der Waals surface area contributed by atoms with Crippen molar-refractivity contribution in [2.75, 3.05) is 19.6 Å². The van der Waals surface area contributed by atoms with Crippen LogP contribution >= 0.6 is 0 Å². The number of nitrogens with one attached hydrogen (secondary N) is 2. The van der Waals surface area contributed by atoms with Gasteiger partial charge in [0.25, 0.3) is 0 Å². The molecule has 30 heavy (non-hydrogen) atoms. The fourth-order valence-corrected chi connectivity index (χ4v) is 4.50. The van der Waals surface area contributed by atoms with Crippen LogP contribution in [0, 0.1) is 11.7 Å². The molecule has 2 aromatic rings. The predicted molar refractivity (Wildman–Crippen MR) is 116 cm³/mol. The van der Waals surface area contributed by atoms with Crippen LogP contribution in [0.1, 0.15) is 43.7 Å². The highest BCUT2D eigenvalue weighted by Gasteiger charge is 2.40. The first kappa shape index (κ1) is 22.2. The molecule has 0 saturated carbocycles. The molecule has 1 heterocycles. The summed E-state index contributed by atoms with van der Waals surface area (Å²) in [6.45, 7) is 3.85. The van der Waals surface area contributed by atoms with Gasteiger partial charge in [-0.2, -0.15) is 0 Å². The SMILES string of the molecule is CCc1cccc(-c2c(F)cccc2[C@@](O)(CCCNC(=O)O)[C@@H]2CCCNC2)c1. The summed E-state index contributed by atoms with van der Waals surface area (Å²) in [4.78, 5) is 10.8. The van der Waals surface area contributed by atoms with Gasteiger partial charge in [0.05, 0.1) is 5.60 Å². The summed E-state index contributed by atoms with van der Waals surface area (Å²) in [6.07, 6.45) is 2.35. The highest BCUT2D eigenvalue weighted by atomic mass is 19.1. The van der Waals surface area contributed by atoms with Crippen LogP contribution in [0.3, 0.4) is 0 Å². The van der Waals surface area contributed by atoms with Gasteiger partial charge in [0.1, 0.15) is 5.82 Å². The number of hydrogen-bond acceptors (Lipinski definition) is 3. The lowest BCUT2D eigenvalue weighted by molar-refractivity contribution is -0.0417. The van der Waals surface area contributed by atoms with E-state index >= 15 is 4.39 Å². The van der Waals surface area contributed by atoms with Crippen LogP contribution in [0.15, 0.2) is 42.5 Å². The van der Waals surface area contributed by atoms with E-state index in [1.165, 1.54) is 6.07 Å². The number of piperidine rings is 1. The van der Waals surface area contributed by atoms with E-state index in [2.05, 4.69) is 17.6 Å². The molecule has 3 rings (SSSR count). The zero-order chi connectivity index (χ0) is 21.6. The van der Waals surface area contributed by atoms with E-state index in [1.54, 1.807) is 6.07 Å². The van der Waals surface area contributed by atoms with E-state index in [0.29, 0.717) is 30.5 Å². The molecular weight excluding hydrogens is 383 g/mol. The summed E-state index contributed by atoms with van der Waals surface area (Å²) in [7, 11) is 0. The number of carbonyl (C=O) groups is 1. The fraction of sp³-hybridized carbons (Fsp3) is 0.458. The molecule has 162 valence electrons. The van der Waals surface area contributed by atoms with Crippen LogP contribution in [0.2, 0.25) is 0 Å². The van der Waals surface area contributed by atoms with Crippen molar-refractivity contribution in [1.82, 2.24) is 10.6 Å². The Hall–Kier alpha value is -2.44. The Kier molecular flexibility index (Phi) is 7.45. The van der Waals surface area contributed by atoms with Crippen molar-refractivity contribution in [3.05, 3.63) is 59.4 Å². The molecule has 2 atom stereocenters. The molecule has 5 nitrogen and oxygen atoms in total. The van der Waals surface area contributed by atoms with Gasteiger partial charge in [-0.3, -0.25) is 0 Å². The molecule has 0 spiro atoms. The molecule has 2 aromatic carbocycles. The molecule has 0 unspecified atom stereocenters. The van der Waals surface area contributed by atoms with Crippen LogP contribution in [-0.2, 0) is 12.0 Å². The summed E-state index contributed by atoms with van der Waals surface area (Å²) in [5.74, 6) is -0.433. The average Bonchev–Trinajstić information content (AvgIpc) is 2.77. The van der Waals surface area contributed by atoms with Crippen LogP contribution in [0.25, 0.3) is 11.1 Å². The number of benzene rings is 2. The highest BCUT2D eigenvalue weighted by Crippen LogP contribution is 2.43. The van der Waals surface area contributed by atoms with Crippen molar-refractivity contribution in [2.45, 2.75) is 44.6 Å². The lowest BCUT2D eigenvalue weighted by Gasteiger charge is -2.40. The smallest absolute Gasteiger partial charge is 0.404 e. The topological polar surface area (TPSA) is 81.6 Å². The second kappa shape index (κ2) is 10.0. The molecule has 4 N–H and O–H groups in total. The molecule has 1 aliphatic heterocycles. The summed E-state index contributed by atoms with van der Waals surface area (Å²) in [5, 5.41) is 26.5. The lowest BCUT2D eigenvalue weighted by atomic mass is 9.72. The van der Waals surface area contributed by atoms with Gasteiger partial charge in [0.15, 0.2) is 0 Å². The van der Waals surface area contributed by atoms with Crippen LogP contribution < -0.4 is 10.6 Å². The monoisotopic (exact) mass is 414 g/mol. The Balaban J connectivity index is 2.04. The van der Waals surface area contributed by atoms with Crippen molar-refractivity contribution >= 4 is 6.09 Å². The van der Waals surface area contributed by atoms with Crippen molar-refractivity contribution in [1.29, 1.82) is 0 Å². The van der Waals surface area contributed by atoms with E-state index in [0.717, 1.165) is 36.9 Å². The van der Waals surface area contributed by atoms with E-state index in [-0.39, 0.29) is 18.3 Å². The molecule has 1 aliphatic rings. The van der Waals surface area contributed by atoms with Crippen LogP contribution in [0.5, 0.6) is 0 Å². The number of carboxylic acid groups (broad SMARTS) is 1. The first-order chi connectivity index (χ1) is 14.5. The molecule has 0 aliphatic carbocycles. The second-order valence-electron chi connectivity index (χ2n) is 8.02. The van der Waals surface area contributed by atoms with Gasteiger partial charge in [-0.05, 0) is 61.4 Å². The Morgan fingerprint density at radius 1 is 1.30 bits per heavy atom. The molecule has 0 bridgehead atoms. The second-order valence-corrected chi connectivity index (χ2v) is 8.02. The summed E-state index contributed by atoms with van der Waals surface area (Å²) >= 11 is 0. The van der Waals surface area contributed by atoms with Gasteiger partial charge >= 0.3 is 6.09 Å². The van der Waals surface area contributed by atoms with Crippen molar-refractivity contribution in [2.24, 2.45) is 5.92 Å². The van der Waals surface area contributed by atoms with E-state index in [9.17, 15) is 9.90 Å². The first-order valence-corrected chi connectivity index (χ1v) is 10.7. The van der Waals surface area contributed by atoms with Crippen molar-refractivity contribution < 1.29 is 19.4 Å². The third-order valence-corrected chi connectivity index (χ3v) is 6.09. The minimum absolute atomic E-state index is 0.0778. The lowest BCUT2D eigenvalue weighted by Crippen LogP contribution is -2.45. The van der Waals surface area contributed by atoms with Crippen molar-refractivity contribution in [3.63, 3.8) is 0 Å². The van der Waals surface area contributed by atoms with E-state index < -0.39 is 11.7 Å². The van der Waals surface area contributed by atoms with Gasteiger partial charge in [-0.15, -0.1) is 0 Å². The maximum atomic E-state index is 15.1. The highest BCUT2D eigenvalue weighted by molar-refractivity contribution is 5.70. The molecule has 1 fully saturated rings. The number of hydrogen-bond donors (Lipinski definition) is 4. The standard InChI is InChI=1S/C24H31FN2O3/c1-2-17-7-3-8-18(15-17)22-20(10-4-11-21(22)25)24(30,12-6-14-27-23(28)29)19-9-5-13-26-16-19/h3-4,7-8,10-11,15,19,26-27,30H,2,5-6,9,12-14,16H2,1H3,(H,28,29)/t19-,24-/m1/s1. The Bertz CT molecular complexity index is 867. The maximum absolute atomic E-state index is 15.1. The number of aryl methyl sites for hydroxylation is 1. The number of aliphatic hydroxyl groups is 1. The quantitative estimate of drug-likeness (QED) is 0.486. The van der Waals surface area contributed by atoms with Gasteiger partial charge in [-0.1, -0.05) is 43.3 Å². The van der Waals surface area contributed by atoms with E-state index in [4.69, 9.17) is 5.11 Å². The summed E-state index contributed by atoms with van der Waals surface area (Å²) < 4.78 is 15.1. The van der Waals surface area contributed by atoms with E-state index in [1.807, 2.05) is 30.3 Å². The average molecular weight is 415 g/mol. The van der Waals surface area contributed by atoms with Crippen LogP contribution in [-0.4, -0.2) is 35.9 Å². The largest absolute Gasteiger partial charge is 0.465 e. The third kappa shape index (κ3) is 4.99. The zero-order valence-electron chi connectivity index (χ0n) is 17.5. The Labute approximate surface area is 177 Å². The maximum Gasteiger partial charge on any atom is 0.404 e. The normalized spacial score (nSPS) is 18.6. The summed E-state index contributed by atoms with van der Waals surface area (Å²) in [6, 6.07) is 12.7. The molecule has 1 saturated heterocycles.